The predicted molar refractivity (Wildman–Crippen MR) is 149 cm³/mol. The average Bonchev–Trinajstić information content (AvgIpc) is 3.20. The summed E-state index contributed by atoms with van der Waals surface area (Å²) in [5.41, 5.74) is -0.729. The maximum absolute atomic E-state index is 14.3. The van der Waals surface area contributed by atoms with Crippen LogP contribution in [0.3, 0.4) is 0 Å². The van der Waals surface area contributed by atoms with Crippen LogP contribution in [0.15, 0.2) is 24.3 Å². The van der Waals surface area contributed by atoms with Gasteiger partial charge in [-0.3, -0.25) is 23.7 Å². The first kappa shape index (κ1) is 30.7. The summed E-state index contributed by atoms with van der Waals surface area (Å²) in [4.78, 5) is 59.2. The van der Waals surface area contributed by atoms with E-state index in [9.17, 15) is 19.2 Å². The number of methoxy groups -OCH3 is 1. The average molecular weight is 557 g/mol. The van der Waals surface area contributed by atoms with Gasteiger partial charge in [0.1, 0.15) is 5.75 Å². The van der Waals surface area contributed by atoms with Crippen LogP contribution in [0.2, 0.25) is 0 Å². The van der Waals surface area contributed by atoms with Gasteiger partial charge in [-0.05, 0) is 52.1 Å². The lowest BCUT2D eigenvalue weighted by Gasteiger charge is -2.32. The van der Waals surface area contributed by atoms with E-state index in [1.54, 1.807) is 77.9 Å². The van der Waals surface area contributed by atoms with Crippen molar-refractivity contribution in [2.75, 3.05) is 54.4 Å². The third-order valence-electron chi connectivity index (χ3n) is 6.50. The fourth-order valence-electron chi connectivity index (χ4n) is 3.93. The molecule has 1 aliphatic rings. The Kier molecular flexibility index (Phi) is 9.29. The highest BCUT2D eigenvalue weighted by Gasteiger charge is 2.40. The second-order valence-corrected chi connectivity index (χ2v) is 11.4. The van der Waals surface area contributed by atoms with Crippen LogP contribution >= 0.6 is 0 Å². The summed E-state index contributed by atoms with van der Waals surface area (Å²) in [6.07, 6.45) is 0. The molecule has 0 bridgehead atoms. The number of carbonyl (C=O) groups excluding carboxylic acids is 4. The monoisotopic (exact) mass is 556 g/mol. The fourth-order valence-corrected chi connectivity index (χ4v) is 3.93. The normalized spacial score (nSPS) is 14.2. The minimum atomic E-state index is -0.957. The summed E-state index contributed by atoms with van der Waals surface area (Å²) >= 11 is 0. The molecule has 3 rings (SSSR count). The van der Waals surface area contributed by atoms with Crippen molar-refractivity contribution in [2.45, 2.75) is 34.6 Å². The van der Waals surface area contributed by atoms with E-state index in [0.29, 0.717) is 37.6 Å². The standard InChI is InChI=1S/C29H40N4O7/c1-18(2)27(36)39-23-21(25(34)30(6)7)33(19-10-12-20(38-9)13-11-19)22(24(23)40-28(37)29(3,4)5)26(35)32-16-14-31(8)15-17-32/h10-13,18H,14-17H2,1-9H3. The van der Waals surface area contributed by atoms with Crippen molar-refractivity contribution in [3.63, 3.8) is 0 Å². The second-order valence-electron chi connectivity index (χ2n) is 11.4. The van der Waals surface area contributed by atoms with Crippen LogP contribution < -0.4 is 14.2 Å². The molecule has 1 aliphatic heterocycles. The van der Waals surface area contributed by atoms with E-state index in [1.807, 2.05) is 7.05 Å². The van der Waals surface area contributed by atoms with Gasteiger partial charge in [0.2, 0.25) is 11.5 Å². The van der Waals surface area contributed by atoms with Gasteiger partial charge >= 0.3 is 11.9 Å². The number of nitrogens with zero attached hydrogens (tertiary/aromatic N) is 4. The summed E-state index contributed by atoms with van der Waals surface area (Å²) in [5.74, 6) is -2.84. The molecular formula is C29H40N4O7. The Hall–Kier alpha value is -3.86. The number of carbonyl (C=O) groups is 4. The molecule has 2 heterocycles. The van der Waals surface area contributed by atoms with E-state index in [2.05, 4.69) is 4.90 Å². The highest BCUT2D eigenvalue weighted by atomic mass is 16.6. The molecule has 218 valence electrons. The maximum atomic E-state index is 14.3. The van der Waals surface area contributed by atoms with Crippen LogP contribution in [0.25, 0.3) is 5.69 Å². The summed E-state index contributed by atoms with van der Waals surface area (Å²) < 4.78 is 18.4. The van der Waals surface area contributed by atoms with Crippen molar-refractivity contribution in [3.05, 3.63) is 35.7 Å². The smallest absolute Gasteiger partial charge is 0.316 e. The third kappa shape index (κ3) is 6.47. The summed E-state index contributed by atoms with van der Waals surface area (Å²) in [6, 6.07) is 6.72. The lowest BCUT2D eigenvalue weighted by molar-refractivity contribution is -0.144. The van der Waals surface area contributed by atoms with Crippen LogP contribution in [-0.2, 0) is 9.59 Å². The lowest BCUT2D eigenvalue weighted by atomic mass is 9.97. The van der Waals surface area contributed by atoms with E-state index >= 15 is 0 Å². The van der Waals surface area contributed by atoms with Gasteiger partial charge in [-0.25, -0.2) is 0 Å². The number of aromatic nitrogens is 1. The minimum absolute atomic E-state index is 0.0796. The van der Waals surface area contributed by atoms with Crippen molar-refractivity contribution >= 4 is 23.8 Å². The number of piperazine rings is 1. The molecule has 0 aliphatic carbocycles. The first-order chi connectivity index (χ1) is 18.7. The Morgan fingerprint density at radius 2 is 1.43 bits per heavy atom. The number of likely N-dealkylation sites (N-methyl/N-ethyl adjacent to an activating group) is 1. The van der Waals surface area contributed by atoms with Crippen LogP contribution in [0.1, 0.15) is 55.6 Å². The first-order valence-electron chi connectivity index (χ1n) is 13.2. The Labute approximate surface area is 235 Å². The SMILES string of the molecule is COc1ccc(-n2c(C(=O)N(C)C)c(OC(=O)C(C)C)c(OC(=O)C(C)(C)C)c2C(=O)N2CCN(C)CC2)cc1. The molecule has 0 unspecified atom stereocenters. The zero-order valence-electron chi connectivity index (χ0n) is 24.9. The zero-order chi connectivity index (χ0) is 29.9. The lowest BCUT2D eigenvalue weighted by Crippen LogP contribution is -2.47. The maximum Gasteiger partial charge on any atom is 0.316 e. The first-order valence-corrected chi connectivity index (χ1v) is 13.2. The number of benzene rings is 1. The van der Waals surface area contributed by atoms with Crippen molar-refractivity contribution in [1.29, 1.82) is 0 Å². The van der Waals surface area contributed by atoms with Gasteiger partial charge in [0.05, 0.1) is 18.4 Å². The molecule has 0 atom stereocenters. The Balaban J connectivity index is 2.43. The molecule has 11 heteroatoms. The fraction of sp³-hybridized carbons (Fsp3) is 0.517. The number of hydrogen-bond donors (Lipinski definition) is 0. The summed E-state index contributed by atoms with van der Waals surface area (Å²) in [7, 11) is 6.59. The van der Waals surface area contributed by atoms with Crippen LogP contribution in [0, 0.1) is 11.3 Å². The van der Waals surface area contributed by atoms with Gasteiger partial charge in [-0.1, -0.05) is 13.8 Å². The van der Waals surface area contributed by atoms with Gasteiger partial charge in [-0.2, -0.15) is 0 Å². The van der Waals surface area contributed by atoms with Crippen molar-refractivity contribution < 1.29 is 33.4 Å². The van der Waals surface area contributed by atoms with E-state index < -0.39 is 35.1 Å². The molecule has 1 fully saturated rings. The molecule has 0 radical (unpaired) electrons. The number of rotatable bonds is 7. The molecule has 1 saturated heterocycles. The third-order valence-corrected chi connectivity index (χ3v) is 6.50. The predicted octanol–water partition coefficient (Wildman–Crippen LogP) is 3.09. The van der Waals surface area contributed by atoms with E-state index in [4.69, 9.17) is 14.2 Å². The van der Waals surface area contributed by atoms with Gasteiger partial charge in [-0.15, -0.1) is 0 Å². The Bertz CT molecular complexity index is 1260. The summed E-state index contributed by atoms with van der Waals surface area (Å²) in [5, 5.41) is 0. The van der Waals surface area contributed by atoms with Crippen molar-refractivity contribution in [1.82, 2.24) is 19.3 Å². The Morgan fingerprint density at radius 3 is 1.90 bits per heavy atom. The summed E-state index contributed by atoms with van der Waals surface area (Å²) in [6.45, 7) is 10.4. The molecule has 0 saturated carbocycles. The molecule has 2 amide bonds. The second kappa shape index (κ2) is 12.1. The van der Waals surface area contributed by atoms with Crippen molar-refractivity contribution in [3.8, 4) is 22.9 Å². The topological polar surface area (TPSA) is 111 Å². The molecule has 1 aromatic heterocycles. The number of amides is 2. The number of esters is 2. The molecule has 1 aromatic carbocycles. The largest absolute Gasteiger partial charge is 0.497 e. The minimum Gasteiger partial charge on any atom is -0.497 e. The van der Waals surface area contributed by atoms with Crippen LogP contribution in [0.4, 0.5) is 0 Å². The molecule has 2 aromatic rings. The molecular weight excluding hydrogens is 516 g/mol. The van der Waals surface area contributed by atoms with Gasteiger partial charge < -0.3 is 28.9 Å². The molecule has 0 spiro atoms. The molecule has 0 N–H and O–H groups in total. The van der Waals surface area contributed by atoms with Crippen LogP contribution in [-0.4, -0.2) is 97.5 Å². The highest BCUT2D eigenvalue weighted by molar-refractivity contribution is 6.06. The Morgan fingerprint density at radius 1 is 0.875 bits per heavy atom. The van der Waals surface area contributed by atoms with Gasteiger partial charge in [0, 0.05) is 46.0 Å². The quantitative estimate of drug-likeness (QED) is 0.479. The number of ether oxygens (including phenoxy) is 3. The van der Waals surface area contributed by atoms with E-state index in [0.717, 1.165) is 0 Å². The highest BCUT2D eigenvalue weighted by Crippen LogP contribution is 2.43. The van der Waals surface area contributed by atoms with Crippen LogP contribution in [0.5, 0.6) is 17.2 Å². The molecule has 40 heavy (non-hydrogen) atoms. The van der Waals surface area contributed by atoms with Gasteiger partial charge in [0.25, 0.3) is 11.8 Å². The van der Waals surface area contributed by atoms with Crippen molar-refractivity contribution in [2.24, 2.45) is 11.3 Å². The molecule has 11 nitrogen and oxygen atoms in total. The number of hydrogen-bond acceptors (Lipinski definition) is 8. The van der Waals surface area contributed by atoms with E-state index in [1.165, 1.54) is 16.6 Å². The zero-order valence-corrected chi connectivity index (χ0v) is 24.9. The van der Waals surface area contributed by atoms with Gasteiger partial charge in [0.15, 0.2) is 11.4 Å². The van der Waals surface area contributed by atoms with E-state index in [-0.39, 0.29) is 22.9 Å².